The first kappa shape index (κ1) is 22.9. The summed E-state index contributed by atoms with van der Waals surface area (Å²) in [4.78, 5) is 5.23. The van der Waals surface area contributed by atoms with E-state index in [0.29, 0.717) is 0 Å². The van der Waals surface area contributed by atoms with Crippen LogP contribution in [0.4, 0.5) is 26.3 Å². The van der Waals surface area contributed by atoms with Crippen molar-refractivity contribution < 1.29 is 35.8 Å². The number of rotatable bonds is 4. The quantitative estimate of drug-likeness (QED) is 0.228. The number of aromatic nitrogens is 2. The first-order valence-corrected chi connectivity index (χ1v) is 9.60. The van der Waals surface area contributed by atoms with Crippen molar-refractivity contribution in [1.29, 1.82) is 0 Å². The van der Waals surface area contributed by atoms with Gasteiger partial charge in [-0.05, 0) is 31.9 Å². The van der Waals surface area contributed by atoms with Gasteiger partial charge < -0.3 is 9.47 Å². The van der Waals surface area contributed by atoms with Crippen molar-refractivity contribution in [2.24, 2.45) is 0 Å². The molecule has 30 heavy (non-hydrogen) atoms. The van der Waals surface area contributed by atoms with Crippen LogP contribution in [0.1, 0.15) is 0 Å². The maximum atomic E-state index is 14.0. The third kappa shape index (κ3) is 4.32. The highest BCUT2D eigenvalue weighted by atomic mass is 79.9. The Labute approximate surface area is 190 Å². The van der Waals surface area contributed by atoms with E-state index < -0.39 is 68.5 Å². The molecule has 0 bridgehead atoms. The second-order valence-electron chi connectivity index (χ2n) is 5.22. The SMILES string of the molecule is Fc1nc(F)c(Cl)c(Oc2cc(Br)c(Br)cc2Oc2c(F)c(F)nc(F)c2Cl)c1F. The minimum atomic E-state index is -1.85. The third-order valence-corrected chi connectivity index (χ3v) is 5.82. The molecule has 0 aliphatic carbocycles. The van der Waals surface area contributed by atoms with Gasteiger partial charge in [0, 0.05) is 21.1 Å². The molecule has 0 fully saturated rings. The van der Waals surface area contributed by atoms with Gasteiger partial charge in [0.2, 0.25) is 23.5 Å². The van der Waals surface area contributed by atoms with Gasteiger partial charge in [0.1, 0.15) is 10.0 Å². The van der Waals surface area contributed by atoms with Gasteiger partial charge in [-0.1, -0.05) is 23.2 Å². The molecule has 0 N–H and O–H groups in total. The number of halogens is 10. The lowest BCUT2D eigenvalue weighted by Crippen LogP contribution is -2.03. The van der Waals surface area contributed by atoms with Gasteiger partial charge in [-0.2, -0.15) is 36.3 Å². The third-order valence-electron chi connectivity index (χ3n) is 3.33. The number of benzene rings is 1. The maximum Gasteiger partial charge on any atom is 0.255 e. The van der Waals surface area contributed by atoms with Crippen molar-refractivity contribution >= 4 is 55.1 Å². The number of hydrogen-bond acceptors (Lipinski definition) is 4. The zero-order valence-corrected chi connectivity index (χ0v) is 18.3. The molecule has 3 aromatic rings. The molecule has 2 aromatic heterocycles. The average molecular weight is 599 g/mol. The molecule has 0 radical (unpaired) electrons. The van der Waals surface area contributed by atoms with Crippen LogP contribution < -0.4 is 9.47 Å². The summed E-state index contributed by atoms with van der Waals surface area (Å²) >= 11 is 17.3. The van der Waals surface area contributed by atoms with Crippen LogP contribution in [-0.4, -0.2) is 9.97 Å². The van der Waals surface area contributed by atoms with Crippen LogP contribution in [0.15, 0.2) is 21.1 Å². The Morgan fingerprint density at radius 3 is 1.30 bits per heavy atom. The van der Waals surface area contributed by atoms with E-state index >= 15 is 0 Å². The summed E-state index contributed by atoms with van der Waals surface area (Å²) in [6.45, 7) is 0. The van der Waals surface area contributed by atoms with Crippen molar-refractivity contribution in [3.63, 3.8) is 0 Å². The highest BCUT2D eigenvalue weighted by Crippen LogP contribution is 2.45. The minimum Gasteiger partial charge on any atom is -0.448 e. The normalized spacial score (nSPS) is 11.0. The molecule has 0 atom stereocenters. The molecule has 3 rings (SSSR count). The van der Waals surface area contributed by atoms with Crippen molar-refractivity contribution in [2.75, 3.05) is 0 Å². The highest BCUT2D eigenvalue weighted by Gasteiger charge is 2.26. The molecule has 0 aliphatic rings. The summed E-state index contributed by atoms with van der Waals surface area (Å²) in [6, 6.07) is 2.20. The van der Waals surface area contributed by atoms with Gasteiger partial charge in [-0.15, -0.1) is 0 Å². The summed E-state index contributed by atoms with van der Waals surface area (Å²) in [6.07, 6.45) is 0. The predicted molar refractivity (Wildman–Crippen MR) is 100 cm³/mol. The second-order valence-corrected chi connectivity index (χ2v) is 7.68. The summed E-state index contributed by atoms with van der Waals surface area (Å²) in [5, 5.41) is -2.02. The van der Waals surface area contributed by atoms with E-state index in [9.17, 15) is 26.3 Å². The lowest BCUT2D eigenvalue weighted by molar-refractivity contribution is 0.357. The smallest absolute Gasteiger partial charge is 0.255 e. The van der Waals surface area contributed by atoms with E-state index in [1.165, 1.54) is 0 Å². The molecular weight excluding hydrogens is 597 g/mol. The number of nitrogens with zero attached hydrogens (tertiary/aromatic N) is 2. The monoisotopic (exact) mass is 596 g/mol. The molecule has 2 heterocycles. The maximum absolute atomic E-state index is 14.0. The molecule has 0 amide bonds. The summed E-state index contributed by atoms with van der Waals surface area (Å²) in [5.74, 6) is -13.5. The molecule has 0 saturated heterocycles. The zero-order chi connectivity index (χ0) is 22.3. The van der Waals surface area contributed by atoms with Crippen LogP contribution in [0.3, 0.4) is 0 Å². The van der Waals surface area contributed by atoms with Crippen molar-refractivity contribution in [3.05, 3.63) is 66.5 Å². The minimum absolute atomic E-state index is 0.259. The van der Waals surface area contributed by atoms with E-state index in [-0.39, 0.29) is 8.95 Å². The lowest BCUT2D eigenvalue weighted by atomic mass is 10.3. The van der Waals surface area contributed by atoms with Crippen LogP contribution in [0, 0.1) is 35.4 Å². The fraction of sp³-hybridized carbons (Fsp3) is 0. The first-order valence-electron chi connectivity index (χ1n) is 7.26. The Bertz CT molecular complexity index is 1040. The number of ether oxygens (including phenoxy) is 2. The molecule has 0 unspecified atom stereocenters. The molecule has 0 aliphatic heterocycles. The fourth-order valence-corrected chi connectivity index (χ4v) is 2.98. The van der Waals surface area contributed by atoms with Gasteiger partial charge in [-0.3, -0.25) is 0 Å². The van der Waals surface area contributed by atoms with Crippen LogP contribution in [-0.2, 0) is 0 Å². The Morgan fingerprint density at radius 1 is 0.633 bits per heavy atom. The van der Waals surface area contributed by atoms with E-state index in [4.69, 9.17) is 32.7 Å². The Balaban J connectivity index is 2.15. The summed E-state index contributed by atoms with van der Waals surface area (Å²) in [7, 11) is 0. The first-order chi connectivity index (χ1) is 14.0. The van der Waals surface area contributed by atoms with E-state index in [2.05, 4.69) is 41.8 Å². The van der Waals surface area contributed by atoms with Crippen molar-refractivity contribution in [1.82, 2.24) is 9.97 Å². The number of hydrogen-bond donors (Lipinski definition) is 0. The molecule has 14 heteroatoms. The standard InChI is InChI=1S/C16H2Br2Cl2F6N2O2/c17-3-1-5(29-11-7(19)13(23)27-15(25)9(11)21)6(2-4(3)18)30-12-8(20)14(24)28-16(26)10(12)22/h1-2H. The average Bonchev–Trinajstić information content (AvgIpc) is 2.68. The highest BCUT2D eigenvalue weighted by molar-refractivity contribution is 9.13. The van der Waals surface area contributed by atoms with Gasteiger partial charge in [0.25, 0.3) is 11.9 Å². The molecular formula is C16H2Br2Cl2F6N2O2. The summed E-state index contributed by atoms with van der Waals surface area (Å²) in [5.41, 5.74) is 0. The van der Waals surface area contributed by atoms with Crippen LogP contribution >= 0.6 is 55.1 Å². The van der Waals surface area contributed by atoms with Crippen molar-refractivity contribution in [3.8, 4) is 23.0 Å². The Hall–Kier alpha value is -1.76. The lowest BCUT2D eigenvalue weighted by Gasteiger charge is -2.16. The van der Waals surface area contributed by atoms with Gasteiger partial charge in [0.05, 0.1) is 0 Å². The summed E-state index contributed by atoms with van der Waals surface area (Å²) < 4.78 is 92.8. The van der Waals surface area contributed by atoms with E-state index in [1.54, 1.807) is 0 Å². The molecule has 0 spiro atoms. The van der Waals surface area contributed by atoms with Crippen LogP contribution in [0.25, 0.3) is 0 Å². The van der Waals surface area contributed by atoms with Crippen LogP contribution in [0.5, 0.6) is 23.0 Å². The Kier molecular flexibility index (Phi) is 6.70. The van der Waals surface area contributed by atoms with E-state index in [1.807, 2.05) is 0 Å². The van der Waals surface area contributed by atoms with E-state index in [0.717, 1.165) is 12.1 Å². The van der Waals surface area contributed by atoms with Crippen LogP contribution in [0.2, 0.25) is 10.0 Å². The molecule has 1 aromatic carbocycles. The van der Waals surface area contributed by atoms with Gasteiger partial charge >= 0.3 is 0 Å². The molecule has 4 nitrogen and oxygen atoms in total. The van der Waals surface area contributed by atoms with Gasteiger partial charge in [0.15, 0.2) is 23.0 Å². The zero-order valence-electron chi connectivity index (χ0n) is 13.6. The van der Waals surface area contributed by atoms with Crippen molar-refractivity contribution in [2.45, 2.75) is 0 Å². The molecule has 158 valence electrons. The number of pyridine rings is 2. The molecule has 0 saturated carbocycles. The topological polar surface area (TPSA) is 44.2 Å². The van der Waals surface area contributed by atoms with Gasteiger partial charge in [-0.25, -0.2) is 0 Å². The fourth-order valence-electron chi connectivity index (χ4n) is 2.01. The Morgan fingerprint density at radius 2 is 0.967 bits per heavy atom. The largest absolute Gasteiger partial charge is 0.448 e. The second kappa shape index (κ2) is 8.77. The predicted octanol–water partition coefficient (Wildman–Crippen LogP) is 7.73.